The summed E-state index contributed by atoms with van der Waals surface area (Å²) in [5, 5.41) is 3.97. The summed E-state index contributed by atoms with van der Waals surface area (Å²) in [5.74, 6) is 1.19. The molecule has 5 heteroatoms. The van der Waals surface area contributed by atoms with Crippen molar-refractivity contribution >= 4 is 0 Å². The topological polar surface area (TPSA) is 55.1 Å². The van der Waals surface area contributed by atoms with E-state index in [-0.39, 0.29) is 0 Å². The zero-order valence-corrected chi connectivity index (χ0v) is 17.0. The Bertz CT molecular complexity index is 1080. The Hall–Kier alpha value is -3.31. The normalized spacial score (nSPS) is 11.2. The van der Waals surface area contributed by atoms with E-state index >= 15 is 0 Å². The molecule has 5 nitrogen and oxygen atoms in total. The summed E-state index contributed by atoms with van der Waals surface area (Å²) in [6.45, 7) is 5.62. The quantitative estimate of drug-likeness (QED) is 0.466. The molecular formula is C24H24N4O. The molecule has 0 radical (unpaired) electrons. The van der Waals surface area contributed by atoms with E-state index in [1.807, 2.05) is 24.4 Å². The average molecular weight is 384 g/mol. The minimum absolute atomic E-state index is 0.572. The molecule has 0 N–H and O–H groups in total. The molecule has 4 rings (SSSR count). The molecule has 4 aromatic rings. The van der Waals surface area contributed by atoms with Gasteiger partial charge in [0.05, 0.1) is 5.69 Å². The van der Waals surface area contributed by atoms with Crippen molar-refractivity contribution < 1.29 is 4.52 Å². The molecule has 0 amide bonds. The molecule has 29 heavy (non-hydrogen) atoms. The first-order valence-electron chi connectivity index (χ1n) is 9.67. The highest BCUT2D eigenvalue weighted by Crippen LogP contribution is 2.24. The fraction of sp³-hybridized carbons (Fsp3) is 0.208. The lowest BCUT2D eigenvalue weighted by Crippen LogP contribution is -2.18. The van der Waals surface area contributed by atoms with Crippen molar-refractivity contribution in [1.29, 1.82) is 0 Å². The number of nitrogens with zero attached hydrogens (tertiary/aromatic N) is 4. The third-order valence-corrected chi connectivity index (χ3v) is 4.95. The summed E-state index contributed by atoms with van der Waals surface area (Å²) >= 11 is 0. The minimum atomic E-state index is 0.572. The highest BCUT2D eigenvalue weighted by Gasteiger charge is 2.08. The van der Waals surface area contributed by atoms with Gasteiger partial charge in [-0.05, 0) is 42.3 Å². The fourth-order valence-electron chi connectivity index (χ4n) is 3.34. The van der Waals surface area contributed by atoms with Crippen molar-refractivity contribution in [3.63, 3.8) is 0 Å². The Morgan fingerprint density at radius 2 is 1.48 bits per heavy atom. The molecule has 0 atom stereocenters. The Balaban J connectivity index is 1.41. The first-order chi connectivity index (χ1) is 14.1. The maximum atomic E-state index is 5.05. The fourth-order valence-corrected chi connectivity index (χ4v) is 3.34. The second kappa shape index (κ2) is 8.37. The van der Waals surface area contributed by atoms with Gasteiger partial charge < -0.3 is 4.52 Å². The van der Waals surface area contributed by atoms with Gasteiger partial charge in [-0.2, -0.15) is 4.98 Å². The molecule has 0 unspecified atom stereocenters. The number of hydrogen-bond donors (Lipinski definition) is 0. The number of benzene rings is 2. The van der Waals surface area contributed by atoms with E-state index in [1.165, 1.54) is 16.7 Å². The molecule has 0 bridgehead atoms. The van der Waals surface area contributed by atoms with Gasteiger partial charge in [-0.25, -0.2) is 0 Å². The van der Waals surface area contributed by atoms with E-state index in [4.69, 9.17) is 4.52 Å². The van der Waals surface area contributed by atoms with E-state index in [0.717, 1.165) is 29.9 Å². The van der Waals surface area contributed by atoms with Crippen molar-refractivity contribution in [2.75, 3.05) is 7.05 Å². The molecule has 0 aliphatic carbocycles. The second-order valence-corrected chi connectivity index (χ2v) is 7.35. The van der Waals surface area contributed by atoms with E-state index in [1.54, 1.807) is 6.92 Å². The Morgan fingerprint density at radius 3 is 2.10 bits per heavy atom. The maximum Gasteiger partial charge on any atom is 0.223 e. The first-order valence-corrected chi connectivity index (χ1v) is 9.67. The molecule has 0 aliphatic heterocycles. The van der Waals surface area contributed by atoms with E-state index < -0.39 is 0 Å². The molecule has 2 aromatic heterocycles. The van der Waals surface area contributed by atoms with Crippen LogP contribution in [0.3, 0.4) is 0 Å². The van der Waals surface area contributed by atoms with Crippen LogP contribution in [0.1, 0.15) is 22.7 Å². The van der Waals surface area contributed by atoms with Crippen LogP contribution in [0.5, 0.6) is 0 Å². The lowest BCUT2D eigenvalue weighted by atomic mass is 10.0. The van der Waals surface area contributed by atoms with E-state index in [0.29, 0.717) is 11.7 Å². The van der Waals surface area contributed by atoms with E-state index in [2.05, 4.69) is 76.5 Å². The third-order valence-electron chi connectivity index (χ3n) is 4.95. The van der Waals surface area contributed by atoms with Crippen LogP contribution in [0.4, 0.5) is 0 Å². The number of pyridine rings is 1. The van der Waals surface area contributed by atoms with Crippen molar-refractivity contribution in [3.05, 3.63) is 89.6 Å². The summed E-state index contributed by atoms with van der Waals surface area (Å²) in [7, 11) is 2.13. The van der Waals surface area contributed by atoms with Gasteiger partial charge >= 0.3 is 0 Å². The predicted molar refractivity (Wildman–Crippen MR) is 114 cm³/mol. The number of aryl methyl sites for hydroxylation is 2. The number of aromatic nitrogens is 3. The van der Waals surface area contributed by atoms with Crippen LogP contribution >= 0.6 is 0 Å². The molecule has 0 saturated heterocycles. The molecule has 2 aromatic carbocycles. The SMILES string of the molecule is Cc1nc(-c2ccc(-c3ccc(CN(C)Cc4ncccc4C)cc3)cc2)no1. The van der Waals surface area contributed by atoms with Gasteiger partial charge in [-0.1, -0.05) is 59.8 Å². The van der Waals surface area contributed by atoms with Gasteiger partial charge in [-0.3, -0.25) is 9.88 Å². The van der Waals surface area contributed by atoms with Crippen LogP contribution < -0.4 is 0 Å². The van der Waals surface area contributed by atoms with Crippen molar-refractivity contribution in [2.24, 2.45) is 0 Å². The summed E-state index contributed by atoms with van der Waals surface area (Å²) < 4.78 is 5.05. The molecule has 0 saturated carbocycles. The molecule has 0 spiro atoms. The predicted octanol–water partition coefficient (Wildman–Crippen LogP) is 5.05. The lowest BCUT2D eigenvalue weighted by Gasteiger charge is -2.17. The van der Waals surface area contributed by atoms with Gasteiger partial charge in [0.1, 0.15) is 0 Å². The number of hydrogen-bond acceptors (Lipinski definition) is 5. The van der Waals surface area contributed by atoms with Gasteiger partial charge in [0.15, 0.2) is 0 Å². The standard InChI is InChI=1S/C24H24N4O/c1-17-5-4-14-25-23(17)16-28(3)15-19-6-8-20(9-7-19)21-10-12-22(13-11-21)24-26-18(2)29-27-24/h4-14H,15-16H2,1-3H3. The van der Waals surface area contributed by atoms with Crippen LogP contribution in [0.15, 0.2) is 71.4 Å². The Kier molecular flexibility index (Phi) is 5.49. The lowest BCUT2D eigenvalue weighted by molar-refractivity contribution is 0.314. The van der Waals surface area contributed by atoms with Crippen molar-refractivity contribution in [2.45, 2.75) is 26.9 Å². The van der Waals surface area contributed by atoms with Gasteiger partial charge in [0, 0.05) is 31.8 Å². The van der Waals surface area contributed by atoms with Crippen LogP contribution in [0.2, 0.25) is 0 Å². The minimum Gasteiger partial charge on any atom is -0.339 e. The maximum absolute atomic E-state index is 5.05. The highest BCUT2D eigenvalue weighted by molar-refractivity contribution is 5.67. The first kappa shape index (κ1) is 19.0. The monoisotopic (exact) mass is 384 g/mol. The van der Waals surface area contributed by atoms with Gasteiger partial charge in [-0.15, -0.1) is 0 Å². The van der Waals surface area contributed by atoms with Crippen LogP contribution in [-0.4, -0.2) is 27.1 Å². The Labute approximate surface area is 171 Å². The average Bonchev–Trinajstić information content (AvgIpc) is 3.17. The zero-order chi connectivity index (χ0) is 20.2. The van der Waals surface area contributed by atoms with Crippen LogP contribution in [-0.2, 0) is 13.1 Å². The Morgan fingerprint density at radius 1 is 0.828 bits per heavy atom. The van der Waals surface area contributed by atoms with Crippen LogP contribution in [0.25, 0.3) is 22.5 Å². The van der Waals surface area contributed by atoms with Crippen molar-refractivity contribution in [1.82, 2.24) is 20.0 Å². The number of rotatable bonds is 6. The summed E-state index contributed by atoms with van der Waals surface area (Å²) in [4.78, 5) is 11.0. The van der Waals surface area contributed by atoms with Crippen LogP contribution in [0, 0.1) is 13.8 Å². The molecular weight excluding hydrogens is 360 g/mol. The van der Waals surface area contributed by atoms with Crippen molar-refractivity contribution in [3.8, 4) is 22.5 Å². The summed E-state index contributed by atoms with van der Waals surface area (Å²) in [5.41, 5.74) is 6.95. The third kappa shape index (κ3) is 4.58. The largest absolute Gasteiger partial charge is 0.339 e. The second-order valence-electron chi connectivity index (χ2n) is 7.35. The zero-order valence-electron chi connectivity index (χ0n) is 17.0. The van der Waals surface area contributed by atoms with E-state index in [9.17, 15) is 0 Å². The smallest absolute Gasteiger partial charge is 0.223 e. The highest BCUT2D eigenvalue weighted by atomic mass is 16.5. The summed E-state index contributed by atoms with van der Waals surface area (Å²) in [6.07, 6.45) is 1.86. The van der Waals surface area contributed by atoms with Gasteiger partial charge in [0.2, 0.25) is 11.7 Å². The van der Waals surface area contributed by atoms with Gasteiger partial charge in [0.25, 0.3) is 0 Å². The molecule has 0 fully saturated rings. The summed E-state index contributed by atoms with van der Waals surface area (Å²) in [6, 6.07) is 21.0. The molecule has 146 valence electrons. The molecule has 0 aliphatic rings. The molecule has 2 heterocycles.